The third-order valence-corrected chi connectivity index (χ3v) is 7.04. The predicted octanol–water partition coefficient (Wildman–Crippen LogP) is 10.6. The van der Waals surface area contributed by atoms with Crippen molar-refractivity contribution in [2.24, 2.45) is 0 Å². The maximum Gasteiger partial charge on any atom is 0.0539 e. The molecule has 5 rings (SSSR count). The molecule has 2 nitrogen and oxygen atoms in total. The minimum absolute atomic E-state index is 1.09. The van der Waals surface area contributed by atoms with Crippen molar-refractivity contribution >= 4 is 40.6 Å². The van der Waals surface area contributed by atoms with Gasteiger partial charge in [-0.05, 0) is 85.1 Å². The molecule has 0 N–H and O–H groups in total. The van der Waals surface area contributed by atoms with Crippen molar-refractivity contribution in [3.8, 4) is 11.1 Å². The van der Waals surface area contributed by atoms with Crippen molar-refractivity contribution in [1.29, 1.82) is 0 Å². The average Bonchev–Trinajstić information content (AvgIpc) is 2.99. The van der Waals surface area contributed by atoms with Crippen LogP contribution in [-0.2, 0) is 0 Å². The Labute approximate surface area is 232 Å². The Morgan fingerprint density at radius 1 is 0.615 bits per heavy atom. The van der Waals surface area contributed by atoms with Crippen LogP contribution in [-0.4, -0.2) is 7.05 Å². The van der Waals surface area contributed by atoms with Crippen LogP contribution in [0.1, 0.15) is 23.6 Å². The van der Waals surface area contributed by atoms with Gasteiger partial charge < -0.3 is 9.80 Å². The van der Waals surface area contributed by atoms with E-state index in [0.717, 1.165) is 39.6 Å². The molecule has 0 aliphatic rings. The van der Waals surface area contributed by atoms with Crippen molar-refractivity contribution in [3.63, 3.8) is 0 Å². The van der Waals surface area contributed by atoms with E-state index in [1.807, 2.05) is 13.0 Å². The van der Waals surface area contributed by atoms with Crippen molar-refractivity contribution in [2.45, 2.75) is 13.8 Å². The lowest BCUT2D eigenvalue weighted by Crippen LogP contribution is -2.13. The normalized spacial score (nSPS) is 10.9. The number of nitrogens with zero attached hydrogens (tertiary/aromatic N) is 2. The molecule has 0 unspecified atom stereocenters. The summed E-state index contributed by atoms with van der Waals surface area (Å²) in [5, 5.41) is 0. The molecule has 0 atom stereocenters. The zero-order valence-corrected chi connectivity index (χ0v) is 22.9. The first-order chi connectivity index (χ1) is 19.1. The van der Waals surface area contributed by atoms with Gasteiger partial charge in [-0.25, -0.2) is 0 Å². The van der Waals surface area contributed by atoms with Crippen molar-refractivity contribution in [2.75, 3.05) is 16.8 Å². The summed E-state index contributed by atoms with van der Waals surface area (Å²) in [6.45, 7) is 8.34. The summed E-state index contributed by atoms with van der Waals surface area (Å²) in [7, 11) is 2.11. The van der Waals surface area contributed by atoms with Crippen LogP contribution in [0, 0.1) is 6.92 Å². The van der Waals surface area contributed by atoms with Gasteiger partial charge in [0.25, 0.3) is 0 Å². The van der Waals surface area contributed by atoms with Crippen molar-refractivity contribution in [1.82, 2.24) is 0 Å². The quantitative estimate of drug-likeness (QED) is 0.206. The van der Waals surface area contributed by atoms with Crippen LogP contribution >= 0.6 is 0 Å². The monoisotopic (exact) mass is 506 g/mol. The SMILES string of the molecule is C=Cc1c(/C=C\C)cccc1N(c1ccc(N(C)c2ccc(C)cc2)cc1)c1cccc(-c2ccccc2)c1. The summed E-state index contributed by atoms with van der Waals surface area (Å²) in [5.74, 6) is 0. The minimum Gasteiger partial charge on any atom is -0.345 e. The highest BCUT2D eigenvalue weighted by molar-refractivity contribution is 5.87. The lowest BCUT2D eigenvalue weighted by atomic mass is 10.0. The minimum atomic E-state index is 1.09. The molecule has 5 aromatic rings. The largest absolute Gasteiger partial charge is 0.345 e. The first kappa shape index (κ1) is 25.8. The maximum absolute atomic E-state index is 4.18. The van der Waals surface area contributed by atoms with Crippen LogP contribution in [0.5, 0.6) is 0 Å². The molecule has 5 aromatic carbocycles. The number of hydrogen-bond acceptors (Lipinski definition) is 2. The van der Waals surface area contributed by atoms with Gasteiger partial charge in [0.15, 0.2) is 0 Å². The van der Waals surface area contributed by atoms with Crippen LogP contribution in [0.2, 0.25) is 0 Å². The van der Waals surface area contributed by atoms with E-state index in [0.29, 0.717) is 0 Å². The van der Waals surface area contributed by atoms with E-state index in [1.165, 1.54) is 16.7 Å². The molecule has 0 saturated heterocycles. The molecule has 192 valence electrons. The topological polar surface area (TPSA) is 6.48 Å². The summed E-state index contributed by atoms with van der Waals surface area (Å²) in [5.41, 5.74) is 11.4. The van der Waals surface area contributed by atoms with Crippen LogP contribution < -0.4 is 9.80 Å². The Kier molecular flexibility index (Phi) is 7.75. The first-order valence-electron chi connectivity index (χ1n) is 13.3. The second-order valence-corrected chi connectivity index (χ2v) is 9.65. The number of rotatable bonds is 8. The fourth-order valence-corrected chi connectivity index (χ4v) is 4.94. The summed E-state index contributed by atoms with van der Waals surface area (Å²) in [6.07, 6.45) is 6.17. The van der Waals surface area contributed by atoms with E-state index < -0.39 is 0 Å². The van der Waals surface area contributed by atoms with Crippen molar-refractivity contribution in [3.05, 3.63) is 151 Å². The predicted molar refractivity (Wildman–Crippen MR) is 171 cm³/mol. The highest BCUT2D eigenvalue weighted by Crippen LogP contribution is 2.40. The first-order valence-corrected chi connectivity index (χ1v) is 13.3. The summed E-state index contributed by atoms with van der Waals surface area (Å²) in [4.78, 5) is 4.54. The van der Waals surface area contributed by atoms with E-state index in [4.69, 9.17) is 0 Å². The lowest BCUT2D eigenvalue weighted by molar-refractivity contribution is 1.20. The second kappa shape index (κ2) is 11.7. The van der Waals surface area contributed by atoms with Crippen LogP contribution in [0.15, 0.2) is 134 Å². The van der Waals surface area contributed by atoms with E-state index in [1.54, 1.807) is 0 Å². The Hall–Kier alpha value is -4.82. The van der Waals surface area contributed by atoms with Gasteiger partial charge in [0.05, 0.1) is 5.69 Å². The Bertz CT molecular complexity index is 1580. The molecule has 39 heavy (non-hydrogen) atoms. The molecule has 0 amide bonds. The third-order valence-electron chi connectivity index (χ3n) is 7.04. The fourth-order valence-electron chi connectivity index (χ4n) is 4.94. The van der Waals surface area contributed by atoms with Crippen LogP contribution in [0.4, 0.5) is 28.4 Å². The molecule has 0 bridgehead atoms. The highest BCUT2D eigenvalue weighted by atomic mass is 15.1. The molecule has 0 aliphatic heterocycles. The fraction of sp³-hybridized carbons (Fsp3) is 0.0811. The number of allylic oxidation sites excluding steroid dienone is 1. The van der Waals surface area contributed by atoms with Gasteiger partial charge in [0.1, 0.15) is 0 Å². The number of aryl methyl sites for hydroxylation is 1. The molecule has 0 spiro atoms. The highest BCUT2D eigenvalue weighted by Gasteiger charge is 2.18. The number of benzene rings is 5. The zero-order chi connectivity index (χ0) is 27.2. The summed E-state index contributed by atoms with van der Waals surface area (Å²) in [6, 6.07) is 43.1. The van der Waals surface area contributed by atoms with E-state index in [9.17, 15) is 0 Å². The van der Waals surface area contributed by atoms with Gasteiger partial charge in [-0.3, -0.25) is 0 Å². The van der Waals surface area contributed by atoms with E-state index in [-0.39, 0.29) is 0 Å². The van der Waals surface area contributed by atoms with Crippen LogP contribution in [0.25, 0.3) is 23.3 Å². The van der Waals surface area contributed by atoms with Gasteiger partial charge >= 0.3 is 0 Å². The van der Waals surface area contributed by atoms with E-state index >= 15 is 0 Å². The number of hydrogen-bond donors (Lipinski definition) is 0. The zero-order valence-electron chi connectivity index (χ0n) is 22.9. The van der Waals surface area contributed by atoms with Gasteiger partial charge in [-0.1, -0.05) is 97.1 Å². The van der Waals surface area contributed by atoms with Crippen LogP contribution in [0.3, 0.4) is 0 Å². The molecule has 0 fully saturated rings. The smallest absolute Gasteiger partial charge is 0.0539 e. The standard InChI is InChI=1S/C37H34N2/c1-5-12-30-15-11-18-37(36(30)6-2)39(35-17-10-16-31(27-35)29-13-8-7-9-14-29)34-25-23-33(24-26-34)38(4)32-21-19-28(3)20-22-32/h5-27H,2H2,1,3-4H3/b12-5-. The number of anilines is 5. The molecule has 0 heterocycles. The molecule has 0 aliphatic carbocycles. The Morgan fingerprint density at radius 3 is 1.90 bits per heavy atom. The average molecular weight is 507 g/mol. The lowest BCUT2D eigenvalue weighted by Gasteiger charge is -2.29. The van der Waals surface area contributed by atoms with Crippen molar-refractivity contribution < 1.29 is 0 Å². The molecule has 0 radical (unpaired) electrons. The molecule has 0 aromatic heterocycles. The molecule has 0 saturated carbocycles. The Morgan fingerprint density at radius 2 is 1.23 bits per heavy atom. The van der Waals surface area contributed by atoms with Gasteiger partial charge in [0, 0.05) is 35.4 Å². The maximum atomic E-state index is 4.18. The third kappa shape index (κ3) is 5.56. The van der Waals surface area contributed by atoms with E-state index in [2.05, 4.69) is 164 Å². The molecular weight excluding hydrogens is 472 g/mol. The van der Waals surface area contributed by atoms with Gasteiger partial charge in [-0.15, -0.1) is 0 Å². The van der Waals surface area contributed by atoms with Gasteiger partial charge in [0.2, 0.25) is 0 Å². The molecular formula is C37H34N2. The van der Waals surface area contributed by atoms with Gasteiger partial charge in [-0.2, -0.15) is 0 Å². The molecule has 2 heteroatoms. The summed E-state index contributed by atoms with van der Waals surface area (Å²) >= 11 is 0. The summed E-state index contributed by atoms with van der Waals surface area (Å²) < 4.78 is 0. The second-order valence-electron chi connectivity index (χ2n) is 9.65. The Balaban J connectivity index is 1.62.